The molecule has 0 spiro atoms. The van der Waals surface area contributed by atoms with Crippen molar-refractivity contribution in [2.45, 2.75) is 90.9 Å². The molecule has 1 unspecified atom stereocenters. The average Bonchev–Trinajstić information content (AvgIpc) is 3.07. The molecule has 1 N–H and O–H groups in total. The maximum absolute atomic E-state index is 13.8. The molecule has 2 amide bonds. The summed E-state index contributed by atoms with van der Waals surface area (Å²) in [5.41, 5.74) is -0.855. The number of rotatable bonds is 15. The Balaban J connectivity index is 1.75. The summed E-state index contributed by atoms with van der Waals surface area (Å²) in [4.78, 5) is 80.4. The van der Waals surface area contributed by atoms with Crippen LogP contribution in [0.25, 0.3) is 0 Å². The van der Waals surface area contributed by atoms with Gasteiger partial charge in [-0.3, -0.25) is 24.1 Å². The van der Waals surface area contributed by atoms with Crippen LogP contribution in [0, 0.1) is 5.41 Å². The number of amides is 2. The van der Waals surface area contributed by atoms with Gasteiger partial charge in [-0.15, -0.1) is 0 Å². The van der Waals surface area contributed by atoms with Crippen molar-refractivity contribution >= 4 is 41.2 Å². The van der Waals surface area contributed by atoms with Crippen molar-refractivity contribution < 1.29 is 47.7 Å². The van der Waals surface area contributed by atoms with Gasteiger partial charge >= 0.3 is 17.9 Å². The summed E-state index contributed by atoms with van der Waals surface area (Å²) in [6.07, 6.45) is 2.16. The smallest absolute Gasteiger partial charge is 0.330 e. The van der Waals surface area contributed by atoms with Crippen molar-refractivity contribution in [3.05, 3.63) is 42.5 Å². The molecular formula is C36H51N3O10. The van der Waals surface area contributed by atoms with Gasteiger partial charge < -0.3 is 29.2 Å². The van der Waals surface area contributed by atoms with Crippen LogP contribution < -0.4 is 5.32 Å². The van der Waals surface area contributed by atoms with Crippen molar-refractivity contribution in [3.63, 3.8) is 0 Å². The van der Waals surface area contributed by atoms with E-state index in [-0.39, 0.29) is 31.9 Å². The molecule has 0 saturated carbocycles. The molecule has 1 aromatic rings. The Morgan fingerprint density at radius 3 is 2.41 bits per heavy atom. The molecular weight excluding hydrogens is 634 g/mol. The zero-order chi connectivity index (χ0) is 36.2. The minimum Gasteiger partial charge on any atom is -0.461 e. The largest absolute Gasteiger partial charge is 0.461 e. The highest BCUT2D eigenvalue weighted by atomic mass is 16.6. The molecule has 13 heteroatoms. The summed E-state index contributed by atoms with van der Waals surface area (Å²) in [7, 11) is 0. The fourth-order valence-electron chi connectivity index (χ4n) is 5.50. The molecule has 2 fully saturated rings. The molecule has 0 aromatic heterocycles. The molecule has 0 aliphatic carbocycles. The topological polar surface area (TPSA) is 158 Å². The summed E-state index contributed by atoms with van der Waals surface area (Å²) < 4.78 is 21.9. The molecule has 2 saturated heterocycles. The Kier molecular flexibility index (Phi) is 14.5. The van der Waals surface area contributed by atoms with Gasteiger partial charge in [0, 0.05) is 50.8 Å². The molecule has 1 aromatic carbocycles. The number of carbonyl (C=O) groups is 6. The third-order valence-electron chi connectivity index (χ3n) is 8.17. The number of hydrogen-bond donors (Lipinski definition) is 1. The van der Waals surface area contributed by atoms with Gasteiger partial charge in [0.2, 0.25) is 11.7 Å². The predicted octanol–water partition coefficient (Wildman–Crippen LogP) is 3.76. The first-order valence-electron chi connectivity index (χ1n) is 16.9. The third kappa shape index (κ3) is 12.7. The first-order valence-corrected chi connectivity index (χ1v) is 16.9. The van der Waals surface area contributed by atoms with Crippen LogP contribution in [0.3, 0.4) is 0 Å². The number of ether oxygens (including phenoxy) is 4. The van der Waals surface area contributed by atoms with Crippen LogP contribution in [0.1, 0.15) is 84.8 Å². The van der Waals surface area contributed by atoms with Gasteiger partial charge in [-0.25, -0.2) is 9.59 Å². The lowest BCUT2D eigenvalue weighted by Gasteiger charge is -2.36. The van der Waals surface area contributed by atoms with Crippen molar-refractivity contribution in [2.75, 3.05) is 51.3 Å². The van der Waals surface area contributed by atoms with E-state index in [1.807, 2.05) is 0 Å². The highest BCUT2D eigenvalue weighted by Gasteiger charge is 2.42. The number of likely N-dealkylation sites (tertiary alicyclic amines) is 1. The minimum atomic E-state index is -1.32. The van der Waals surface area contributed by atoms with Crippen LogP contribution in [0.15, 0.2) is 36.9 Å². The highest BCUT2D eigenvalue weighted by Crippen LogP contribution is 2.29. The summed E-state index contributed by atoms with van der Waals surface area (Å²) in [5.74, 6) is -3.78. The second-order valence-electron chi connectivity index (χ2n) is 14.0. The van der Waals surface area contributed by atoms with Crippen molar-refractivity contribution in [1.82, 2.24) is 9.80 Å². The van der Waals surface area contributed by atoms with Gasteiger partial charge in [0.05, 0.1) is 25.0 Å². The van der Waals surface area contributed by atoms with Crippen molar-refractivity contribution in [3.8, 4) is 0 Å². The molecule has 13 nitrogen and oxygen atoms in total. The van der Waals surface area contributed by atoms with Gasteiger partial charge in [-0.2, -0.15) is 0 Å². The number of nitrogens with one attached hydrogen (secondary N) is 1. The van der Waals surface area contributed by atoms with Gasteiger partial charge in [-0.1, -0.05) is 18.7 Å². The van der Waals surface area contributed by atoms with Crippen LogP contribution >= 0.6 is 0 Å². The highest BCUT2D eigenvalue weighted by molar-refractivity contribution is 6.38. The number of carbonyl (C=O) groups excluding carboxylic acids is 6. The van der Waals surface area contributed by atoms with Crippen LogP contribution in [0.5, 0.6) is 0 Å². The number of piperidine rings is 1. The number of esters is 3. The Labute approximate surface area is 288 Å². The first kappa shape index (κ1) is 39.3. The van der Waals surface area contributed by atoms with Crippen LogP contribution in [-0.4, -0.2) is 103 Å². The Morgan fingerprint density at radius 1 is 1.02 bits per heavy atom. The number of ketones is 1. The number of morpholine rings is 1. The van der Waals surface area contributed by atoms with Crippen molar-refractivity contribution in [2.24, 2.45) is 5.41 Å². The summed E-state index contributed by atoms with van der Waals surface area (Å²) in [6, 6.07) is 6.00. The molecule has 2 aliphatic rings. The first-order chi connectivity index (χ1) is 23.1. The molecule has 0 radical (unpaired) electrons. The monoisotopic (exact) mass is 685 g/mol. The van der Waals surface area contributed by atoms with Crippen LogP contribution in [-0.2, 0) is 47.7 Å². The number of anilines is 1. The molecule has 2 atom stereocenters. The van der Waals surface area contributed by atoms with E-state index in [2.05, 4.69) is 16.8 Å². The quantitative estimate of drug-likeness (QED) is 0.124. The van der Waals surface area contributed by atoms with E-state index in [0.29, 0.717) is 56.7 Å². The summed E-state index contributed by atoms with van der Waals surface area (Å²) in [5, 5.41) is 2.81. The second kappa shape index (κ2) is 18.1. The fourth-order valence-corrected chi connectivity index (χ4v) is 5.50. The molecule has 49 heavy (non-hydrogen) atoms. The zero-order valence-electron chi connectivity index (χ0n) is 29.4. The second-order valence-corrected chi connectivity index (χ2v) is 14.0. The number of benzene rings is 1. The number of hydrogen-bond acceptors (Lipinski definition) is 11. The number of Topliss-reactive ketones (excluding diaryl/α,β-unsaturated/α-hetero) is 1. The zero-order valence-corrected chi connectivity index (χ0v) is 29.4. The van der Waals surface area contributed by atoms with E-state index in [9.17, 15) is 28.8 Å². The lowest BCUT2D eigenvalue weighted by Crippen LogP contribution is -2.53. The van der Waals surface area contributed by atoms with Gasteiger partial charge in [-0.05, 0) is 71.6 Å². The van der Waals surface area contributed by atoms with Crippen molar-refractivity contribution in [1.29, 1.82) is 0 Å². The lowest BCUT2D eigenvalue weighted by molar-refractivity contribution is -0.165. The molecule has 3 rings (SSSR count). The normalized spacial score (nSPS) is 17.7. The van der Waals surface area contributed by atoms with Crippen LogP contribution in [0.2, 0.25) is 0 Å². The summed E-state index contributed by atoms with van der Waals surface area (Å²) >= 11 is 0. The van der Waals surface area contributed by atoms with E-state index < -0.39 is 52.8 Å². The maximum atomic E-state index is 13.8. The van der Waals surface area contributed by atoms with Gasteiger partial charge in [0.25, 0.3) is 5.91 Å². The standard InChI is InChI=1S/C36H51N3O10/c1-7-30(41)47-24-36(5,6)32(43)33(44)39-17-9-8-13-27(39)34(45)48-28(16-18-38-19-21-46-22-20-38)25-11-10-12-26(23-25)37-29(40)14-15-31(42)49-35(2,3)4/h7,10-12,23,27-28H,1,8-9,13-22,24H2,2-6H3,(H,37,40)/t27?,28-/m1/s1. The number of nitrogens with zero attached hydrogens (tertiary/aromatic N) is 2. The van der Waals surface area contributed by atoms with E-state index in [1.165, 1.54) is 18.7 Å². The molecule has 2 heterocycles. The molecule has 2 aliphatic heterocycles. The molecule has 0 bridgehead atoms. The minimum absolute atomic E-state index is 0.0632. The Morgan fingerprint density at radius 2 is 1.73 bits per heavy atom. The fraction of sp³-hybridized carbons (Fsp3) is 0.611. The third-order valence-corrected chi connectivity index (χ3v) is 8.17. The Hall–Kier alpha value is -4.10. The van der Waals surface area contributed by atoms with E-state index in [1.54, 1.807) is 45.0 Å². The van der Waals surface area contributed by atoms with Gasteiger partial charge in [0.1, 0.15) is 24.4 Å². The van der Waals surface area contributed by atoms with E-state index in [4.69, 9.17) is 18.9 Å². The maximum Gasteiger partial charge on any atom is 0.330 e. The Bertz CT molecular complexity index is 1360. The van der Waals surface area contributed by atoms with E-state index >= 15 is 0 Å². The SMILES string of the molecule is C=CC(=O)OCC(C)(C)C(=O)C(=O)N1CCCCC1C(=O)O[C@H](CCN1CCOCC1)c1cccc(NC(=O)CCC(=O)OC(C)(C)C)c1. The molecule has 270 valence electrons. The predicted molar refractivity (Wildman–Crippen MR) is 180 cm³/mol. The lowest BCUT2D eigenvalue weighted by atomic mass is 9.87. The summed E-state index contributed by atoms with van der Waals surface area (Å²) in [6.45, 7) is 14.8. The van der Waals surface area contributed by atoms with Gasteiger partial charge in [0.15, 0.2) is 0 Å². The van der Waals surface area contributed by atoms with Crippen LogP contribution in [0.4, 0.5) is 5.69 Å². The average molecular weight is 686 g/mol. The van der Waals surface area contributed by atoms with E-state index in [0.717, 1.165) is 19.2 Å².